The summed E-state index contributed by atoms with van der Waals surface area (Å²) in [4.78, 5) is 11.7. The van der Waals surface area contributed by atoms with Gasteiger partial charge in [0.1, 0.15) is 6.10 Å². The van der Waals surface area contributed by atoms with E-state index in [4.69, 9.17) is 9.47 Å². The zero-order chi connectivity index (χ0) is 13.4. The summed E-state index contributed by atoms with van der Waals surface area (Å²) in [5.41, 5.74) is 0. The van der Waals surface area contributed by atoms with Crippen molar-refractivity contribution in [2.75, 3.05) is 26.8 Å². The van der Waals surface area contributed by atoms with Crippen LogP contribution in [0.15, 0.2) is 0 Å². The van der Waals surface area contributed by atoms with Crippen LogP contribution in [0.25, 0.3) is 0 Å². The minimum atomic E-state index is -0.417. The quantitative estimate of drug-likeness (QED) is 0.738. The summed E-state index contributed by atoms with van der Waals surface area (Å²) in [6.07, 6.45) is 3.10. The maximum absolute atomic E-state index is 11.7. The van der Waals surface area contributed by atoms with Gasteiger partial charge in [-0.05, 0) is 40.2 Å². The predicted molar refractivity (Wildman–Crippen MR) is 77.8 cm³/mol. The molecule has 0 spiro atoms. The van der Waals surface area contributed by atoms with Gasteiger partial charge < -0.3 is 20.1 Å². The first-order valence-electron chi connectivity index (χ1n) is 6.81. The van der Waals surface area contributed by atoms with Crippen LogP contribution in [-0.2, 0) is 14.3 Å². The molecule has 6 heteroatoms. The number of hydrogen-bond donors (Lipinski definition) is 2. The van der Waals surface area contributed by atoms with Crippen LogP contribution in [0, 0.1) is 0 Å². The Morgan fingerprint density at radius 3 is 2.74 bits per heavy atom. The van der Waals surface area contributed by atoms with E-state index in [2.05, 4.69) is 10.6 Å². The standard InChI is InChI=1S/C13H26N2O3.ClH/c1-10(14-3)8-15-13(16)11(2)18-9-12-6-4-5-7-17-12;/h10-12,14H,4-9H2,1-3H3,(H,15,16);1H. The third-order valence-corrected chi connectivity index (χ3v) is 3.25. The molecule has 3 unspecified atom stereocenters. The Bertz CT molecular complexity index is 248. The second-order valence-corrected chi connectivity index (χ2v) is 4.90. The molecule has 0 aromatic rings. The normalized spacial score (nSPS) is 22.2. The van der Waals surface area contributed by atoms with E-state index in [1.807, 2.05) is 14.0 Å². The maximum Gasteiger partial charge on any atom is 0.248 e. The molecule has 0 bridgehead atoms. The molecule has 1 heterocycles. The number of halogens is 1. The molecule has 1 fully saturated rings. The Morgan fingerprint density at radius 2 is 2.16 bits per heavy atom. The van der Waals surface area contributed by atoms with Gasteiger partial charge in [0.15, 0.2) is 0 Å². The monoisotopic (exact) mass is 294 g/mol. The van der Waals surface area contributed by atoms with Crippen LogP contribution < -0.4 is 10.6 Å². The van der Waals surface area contributed by atoms with Crippen LogP contribution in [-0.4, -0.2) is 51.0 Å². The van der Waals surface area contributed by atoms with Gasteiger partial charge in [-0.1, -0.05) is 0 Å². The van der Waals surface area contributed by atoms with Crippen molar-refractivity contribution >= 4 is 18.3 Å². The van der Waals surface area contributed by atoms with E-state index in [0.29, 0.717) is 13.2 Å². The fraction of sp³-hybridized carbons (Fsp3) is 0.923. The van der Waals surface area contributed by atoms with Gasteiger partial charge in [0.2, 0.25) is 5.91 Å². The highest BCUT2D eigenvalue weighted by Gasteiger charge is 2.18. The second kappa shape index (κ2) is 10.4. The van der Waals surface area contributed by atoms with Crippen LogP contribution >= 0.6 is 12.4 Å². The summed E-state index contributed by atoms with van der Waals surface area (Å²) < 4.78 is 11.1. The number of amides is 1. The molecule has 1 saturated heterocycles. The minimum Gasteiger partial charge on any atom is -0.376 e. The largest absolute Gasteiger partial charge is 0.376 e. The van der Waals surface area contributed by atoms with E-state index in [1.165, 1.54) is 6.42 Å². The highest BCUT2D eigenvalue weighted by molar-refractivity contribution is 5.85. The van der Waals surface area contributed by atoms with Crippen molar-refractivity contribution in [2.45, 2.75) is 51.4 Å². The molecule has 114 valence electrons. The lowest BCUT2D eigenvalue weighted by Gasteiger charge is -2.24. The molecule has 3 atom stereocenters. The fourth-order valence-corrected chi connectivity index (χ4v) is 1.77. The van der Waals surface area contributed by atoms with E-state index >= 15 is 0 Å². The fourth-order valence-electron chi connectivity index (χ4n) is 1.77. The Labute approximate surface area is 122 Å². The summed E-state index contributed by atoms with van der Waals surface area (Å²) in [6.45, 7) is 5.73. The molecule has 1 amide bonds. The molecule has 19 heavy (non-hydrogen) atoms. The van der Waals surface area contributed by atoms with E-state index in [0.717, 1.165) is 19.4 Å². The average Bonchev–Trinajstić information content (AvgIpc) is 2.42. The van der Waals surface area contributed by atoms with E-state index < -0.39 is 6.10 Å². The Morgan fingerprint density at radius 1 is 1.42 bits per heavy atom. The lowest BCUT2D eigenvalue weighted by molar-refractivity contribution is -0.135. The smallest absolute Gasteiger partial charge is 0.248 e. The second-order valence-electron chi connectivity index (χ2n) is 4.90. The number of likely N-dealkylation sites (N-methyl/N-ethyl adjacent to an activating group) is 1. The molecule has 0 aromatic carbocycles. The number of hydrogen-bond acceptors (Lipinski definition) is 4. The molecule has 0 radical (unpaired) electrons. The van der Waals surface area contributed by atoms with Gasteiger partial charge in [0.05, 0.1) is 12.7 Å². The highest BCUT2D eigenvalue weighted by atomic mass is 35.5. The van der Waals surface area contributed by atoms with Gasteiger partial charge in [0, 0.05) is 19.2 Å². The topological polar surface area (TPSA) is 59.6 Å². The number of ether oxygens (including phenoxy) is 2. The SMILES string of the molecule is CNC(C)CNC(=O)C(C)OCC1CCCCO1.Cl. The van der Waals surface area contributed by atoms with Gasteiger partial charge in [-0.15, -0.1) is 12.4 Å². The zero-order valence-corrected chi connectivity index (χ0v) is 12.9. The van der Waals surface area contributed by atoms with Crippen LogP contribution in [0.4, 0.5) is 0 Å². The van der Waals surface area contributed by atoms with Crippen molar-refractivity contribution in [3.05, 3.63) is 0 Å². The van der Waals surface area contributed by atoms with Gasteiger partial charge in [-0.2, -0.15) is 0 Å². The van der Waals surface area contributed by atoms with Gasteiger partial charge >= 0.3 is 0 Å². The van der Waals surface area contributed by atoms with Crippen LogP contribution in [0.3, 0.4) is 0 Å². The van der Waals surface area contributed by atoms with E-state index in [1.54, 1.807) is 6.92 Å². The molecule has 1 aliphatic heterocycles. The zero-order valence-electron chi connectivity index (χ0n) is 12.1. The molecule has 5 nitrogen and oxygen atoms in total. The minimum absolute atomic E-state index is 0. The predicted octanol–water partition coefficient (Wildman–Crippen LogP) is 1.11. The van der Waals surface area contributed by atoms with Crippen molar-refractivity contribution in [2.24, 2.45) is 0 Å². The maximum atomic E-state index is 11.7. The van der Waals surface area contributed by atoms with Gasteiger partial charge in [-0.3, -0.25) is 4.79 Å². The number of nitrogens with one attached hydrogen (secondary N) is 2. The van der Waals surface area contributed by atoms with Crippen LogP contribution in [0.5, 0.6) is 0 Å². The van der Waals surface area contributed by atoms with E-state index in [-0.39, 0.29) is 30.5 Å². The lowest BCUT2D eigenvalue weighted by Crippen LogP contribution is -2.42. The van der Waals surface area contributed by atoms with Crippen molar-refractivity contribution in [3.63, 3.8) is 0 Å². The third kappa shape index (κ3) is 7.72. The van der Waals surface area contributed by atoms with Crippen molar-refractivity contribution in [1.29, 1.82) is 0 Å². The molecule has 1 aliphatic rings. The molecular formula is C13H27ClN2O3. The number of rotatable bonds is 7. The Kier molecular flexibility index (Phi) is 10.2. The molecule has 0 aliphatic carbocycles. The summed E-state index contributed by atoms with van der Waals surface area (Å²) >= 11 is 0. The molecule has 0 aromatic heterocycles. The first-order chi connectivity index (χ1) is 8.63. The van der Waals surface area contributed by atoms with Crippen molar-refractivity contribution < 1.29 is 14.3 Å². The lowest BCUT2D eigenvalue weighted by atomic mass is 10.1. The number of carbonyl (C=O) groups is 1. The molecule has 0 saturated carbocycles. The first kappa shape index (κ1) is 18.6. The van der Waals surface area contributed by atoms with Gasteiger partial charge in [-0.25, -0.2) is 0 Å². The molecule has 2 N–H and O–H groups in total. The Hall–Kier alpha value is -0.360. The summed E-state index contributed by atoms with van der Waals surface area (Å²) in [7, 11) is 1.87. The third-order valence-electron chi connectivity index (χ3n) is 3.25. The van der Waals surface area contributed by atoms with Crippen molar-refractivity contribution in [1.82, 2.24) is 10.6 Å². The van der Waals surface area contributed by atoms with Crippen molar-refractivity contribution in [3.8, 4) is 0 Å². The van der Waals surface area contributed by atoms with Crippen LogP contribution in [0.1, 0.15) is 33.1 Å². The molecule has 1 rings (SSSR count). The average molecular weight is 295 g/mol. The first-order valence-corrected chi connectivity index (χ1v) is 6.81. The molecular weight excluding hydrogens is 268 g/mol. The van der Waals surface area contributed by atoms with E-state index in [9.17, 15) is 4.79 Å². The van der Waals surface area contributed by atoms with Gasteiger partial charge in [0.25, 0.3) is 0 Å². The Balaban J connectivity index is 0.00000324. The number of carbonyl (C=O) groups excluding carboxylic acids is 1. The highest BCUT2D eigenvalue weighted by Crippen LogP contribution is 2.13. The van der Waals surface area contributed by atoms with Crippen LogP contribution in [0.2, 0.25) is 0 Å². The summed E-state index contributed by atoms with van der Waals surface area (Å²) in [6, 6.07) is 0.267. The summed E-state index contributed by atoms with van der Waals surface area (Å²) in [5.74, 6) is -0.0621. The summed E-state index contributed by atoms with van der Waals surface area (Å²) in [5, 5.41) is 5.92.